The first kappa shape index (κ1) is 37.4. The summed E-state index contributed by atoms with van der Waals surface area (Å²) in [6.45, 7) is -0.0888. The molecule has 0 fully saturated rings. The van der Waals surface area contributed by atoms with Crippen molar-refractivity contribution >= 4 is 109 Å². The molecule has 0 atom stereocenters. The number of para-hydroxylation sites is 6. The van der Waals surface area contributed by atoms with Gasteiger partial charge in [-0.25, -0.2) is 0 Å². The van der Waals surface area contributed by atoms with Gasteiger partial charge in [-0.1, -0.05) is 121 Å². The third-order valence-corrected chi connectivity index (χ3v) is 20.2. The lowest BCUT2D eigenvalue weighted by atomic mass is 9.35. The number of hydrogen-bond donors (Lipinski definition) is 0. The quantitative estimate of drug-likeness (QED) is 0.164. The summed E-state index contributed by atoms with van der Waals surface area (Å²) in [5.74, 6) is 6.86. The van der Waals surface area contributed by atoms with E-state index in [0.29, 0.717) is 0 Å². The van der Waals surface area contributed by atoms with Crippen LogP contribution in [0.3, 0.4) is 0 Å². The SMILES string of the molecule is c1ccc2c(c1)Oc1cccc3c1B2c1cc(N2c4ccccc4[Si]4(c5ccccc52)c2ccccc2N(c2ccc5c(c2)B2c6ccccc6Oc6cccc(c62)O5)c2ccccc24)ccc1O3. The molecule has 6 heterocycles. The standard InChI is InChI=1S/C60H36B2N2O4Si/c1-7-21-47-39(15-1)61-41-35-37(31-33-49(41)67-53-25-13-23-51(65-47)59(53)61)63-43-17-3-9-27-55(43)69(56-28-10-4-18-44(56)63)57-29-11-5-19-45(57)64(46-20-6-12-30-58(46)69)38-32-34-50-42(36-38)62-40-16-2-8-22-48(40)66-52-24-14-26-54(68-50)60(52)62/h1-36H. The molecule has 9 heteroatoms. The Labute approximate surface area is 400 Å². The molecular formula is C60H36B2N2O4Si. The molecule has 0 saturated heterocycles. The highest BCUT2D eigenvalue weighted by Crippen LogP contribution is 2.46. The van der Waals surface area contributed by atoms with Crippen LogP contribution in [0.5, 0.6) is 46.0 Å². The van der Waals surface area contributed by atoms with Crippen LogP contribution in [-0.2, 0) is 0 Å². The van der Waals surface area contributed by atoms with E-state index in [2.05, 4.69) is 204 Å². The van der Waals surface area contributed by atoms with Crippen molar-refractivity contribution in [2.24, 2.45) is 0 Å². The summed E-state index contributed by atoms with van der Waals surface area (Å²) in [6.07, 6.45) is 0. The predicted octanol–water partition coefficient (Wildman–Crippen LogP) is 8.09. The van der Waals surface area contributed by atoms with Crippen LogP contribution in [0.2, 0.25) is 0 Å². The van der Waals surface area contributed by atoms with Crippen LogP contribution in [-0.4, -0.2) is 21.5 Å². The third kappa shape index (κ3) is 4.91. The normalized spacial score (nSPS) is 14.8. The minimum Gasteiger partial charge on any atom is -0.458 e. The summed E-state index contributed by atoms with van der Waals surface area (Å²) >= 11 is 0. The van der Waals surface area contributed by atoms with Crippen LogP contribution in [0.25, 0.3) is 0 Å². The van der Waals surface area contributed by atoms with Crippen molar-refractivity contribution in [2.75, 3.05) is 9.80 Å². The Morgan fingerprint density at radius 3 is 0.957 bits per heavy atom. The van der Waals surface area contributed by atoms with E-state index < -0.39 is 8.07 Å². The van der Waals surface area contributed by atoms with Crippen molar-refractivity contribution in [3.05, 3.63) is 218 Å². The van der Waals surface area contributed by atoms with Crippen molar-refractivity contribution in [1.82, 2.24) is 0 Å². The molecule has 6 nitrogen and oxygen atoms in total. The fourth-order valence-corrected chi connectivity index (χ4v) is 18.1. The van der Waals surface area contributed by atoms with Crippen LogP contribution < -0.4 is 82.3 Å². The zero-order valence-corrected chi connectivity index (χ0v) is 38.0. The Bertz CT molecular complexity index is 3520. The molecule has 69 heavy (non-hydrogen) atoms. The molecule has 6 aliphatic heterocycles. The number of anilines is 6. The van der Waals surface area contributed by atoms with Gasteiger partial charge in [-0.15, -0.1) is 0 Å². The maximum atomic E-state index is 6.71. The average Bonchev–Trinajstić information content (AvgIpc) is 3.40. The first-order valence-electron chi connectivity index (χ1n) is 23.6. The fourth-order valence-electron chi connectivity index (χ4n) is 12.6. The molecule has 10 aromatic carbocycles. The van der Waals surface area contributed by atoms with Gasteiger partial charge < -0.3 is 28.7 Å². The third-order valence-electron chi connectivity index (χ3n) is 15.3. The van der Waals surface area contributed by atoms with Gasteiger partial charge >= 0.3 is 0 Å². The number of hydrogen-bond acceptors (Lipinski definition) is 6. The van der Waals surface area contributed by atoms with Gasteiger partial charge in [-0.05, 0) is 140 Å². The summed E-state index contributed by atoms with van der Waals surface area (Å²) in [6, 6.07) is 79.2. The largest absolute Gasteiger partial charge is 0.458 e. The number of benzene rings is 10. The first-order valence-corrected chi connectivity index (χ1v) is 25.6. The molecule has 320 valence electrons. The molecule has 0 aromatic heterocycles. The van der Waals surface area contributed by atoms with Gasteiger partial charge in [0.2, 0.25) is 0 Å². The van der Waals surface area contributed by atoms with E-state index in [-0.39, 0.29) is 13.4 Å². The van der Waals surface area contributed by atoms with E-state index in [0.717, 1.165) is 90.1 Å². The number of rotatable bonds is 2. The molecule has 0 radical (unpaired) electrons. The maximum Gasteiger partial charge on any atom is 0.260 e. The van der Waals surface area contributed by atoms with E-state index in [1.807, 2.05) is 24.3 Å². The van der Waals surface area contributed by atoms with Crippen molar-refractivity contribution in [1.29, 1.82) is 0 Å². The Kier molecular flexibility index (Phi) is 7.44. The molecule has 10 aromatic rings. The molecule has 0 aliphatic carbocycles. The second-order valence-corrected chi connectivity index (χ2v) is 22.3. The summed E-state index contributed by atoms with van der Waals surface area (Å²) in [5.41, 5.74) is 13.6. The smallest absolute Gasteiger partial charge is 0.260 e. The van der Waals surface area contributed by atoms with Crippen LogP contribution in [0, 0.1) is 0 Å². The van der Waals surface area contributed by atoms with E-state index in [1.165, 1.54) is 43.5 Å². The van der Waals surface area contributed by atoms with Crippen molar-refractivity contribution in [3.63, 3.8) is 0 Å². The minimum absolute atomic E-state index is 0.0444. The zero-order chi connectivity index (χ0) is 45.0. The Morgan fingerprint density at radius 1 is 0.275 bits per heavy atom. The van der Waals surface area contributed by atoms with Crippen LogP contribution in [0.1, 0.15) is 0 Å². The molecular weight excluding hydrogens is 862 g/mol. The lowest BCUT2D eigenvalue weighted by Crippen LogP contribution is -2.79. The highest BCUT2D eigenvalue weighted by Gasteiger charge is 2.54. The molecule has 0 bridgehead atoms. The molecule has 0 amide bonds. The molecule has 16 rings (SSSR count). The first-order chi connectivity index (χ1) is 34.2. The second-order valence-electron chi connectivity index (χ2n) is 18.6. The highest BCUT2D eigenvalue weighted by atomic mass is 28.3. The van der Waals surface area contributed by atoms with E-state index in [9.17, 15) is 0 Å². The average molecular weight is 899 g/mol. The monoisotopic (exact) mass is 898 g/mol. The topological polar surface area (TPSA) is 43.4 Å². The number of nitrogens with zero attached hydrogens (tertiary/aromatic N) is 2. The number of fused-ring (bicyclic) bond motifs is 16. The minimum atomic E-state index is -3.05. The molecule has 0 N–H and O–H groups in total. The van der Waals surface area contributed by atoms with Gasteiger partial charge in [-0.2, -0.15) is 0 Å². The fraction of sp³-hybridized carbons (Fsp3) is 0. The molecule has 0 unspecified atom stereocenters. The van der Waals surface area contributed by atoms with Gasteiger partial charge in [0.25, 0.3) is 13.4 Å². The Morgan fingerprint density at radius 2 is 0.580 bits per heavy atom. The second kappa shape index (κ2) is 13.7. The summed E-state index contributed by atoms with van der Waals surface area (Å²) in [7, 11) is -3.05. The number of ether oxygens (including phenoxy) is 4. The molecule has 1 spiro atoms. The summed E-state index contributed by atoms with van der Waals surface area (Å²) < 4.78 is 26.4. The van der Waals surface area contributed by atoms with Gasteiger partial charge in [0.15, 0.2) is 8.07 Å². The van der Waals surface area contributed by atoms with E-state index >= 15 is 0 Å². The zero-order valence-electron chi connectivity index (χ0n) is 37.0. The van der Waals surface area contributed by atoms with Crippen LogP contribution in [0.4, 0.5) is 34.1 Å². The van der Waals surface area contributed by atoms with Gasteiger partial charge in [0.05, 0.1) is 0 Å². The van der Waals surface area contributed by atoms with Gasteiger partial charge in [0.1, 0.15) is 46.0 Å². The van der Waals surface area contributed by atoms with Crippen molar-refractivity contribution in [3.8, 4) is 46.0 Å². The highest BCUT2D eigenvalue weighted by molar-refractivity contribution is 7.23. The van der Waals surface area contributed by atoms with Crippen molar-refractivity contribution < 1.29 is 18.9 Å². The molecule has 0 saturated carbocycles. The van der Waals surface area contributed by atoms with Crippen LogP contribution in [0.15, 0.2) is 218 Å². The van der Waals surface area contributed by atoms with Gasteiger partial charge in [0, 0.05) is 45.0 Å². The van der Waals surface area contributed by atoms with Crippen molar-refractivity contribution in [2.45, 2.75) is 0 Å². The lowest BCUT2D eigenvalue weighted by molar-refractivity contribution is 0.464. The summed E-state index contributed by atoms with van der Waals surface area (Å²) in [4.78, 5) is 4.99. The Balaban J connectivity index is 0.890. The van der Waals surface area contributed by atoms with E-state index in [1.54, 1.807) is 0 Å². The molecule has 6 aliphatic rings. The Hall–Kier alpha value is -8.65. The predicted molar refractivity (Wildman–Crippen MR) is 282 cm³/mol. The lowest BCUT2D eigenvalue weighted by Gasteiger charge is -2.50. The summed E-state index contributed by atoms with van der Waals surface area (Å²) in [5, 5.41) is 5.40. The van der Waals surface area contributed by atoms with E-state index in [4.69, 9.17) is 18.9 Å². The maximum absolute atomic E-state index is 6.71. The van der Waals surface area contributed by atoms with Crippen LogP contribution >= 0.6 is 0 Å². The van der Waals surface area contributed by atoms with Gasteiger partial charge in [-0.3, -0.25) is 0 Å².